The number of halogens is 2. The number of unbranched alkanes of at least 4 members (excludes halogenated alkanes) is 1. The van der Waals surface area contributed by atoms with Crippen LogP contribution >= 0.6 is 23.2 Å². The molecule has 4 aliphatic rings. The maximum absolute atomic E-state index is 14.5. The minimum Gasteiger partial charge on any atom is -0.385 e. The van der Waals surface area contributed by atoms with E-state index in [-0.39, 0.29) is 46.4 Å². The molecular weight excluding hydrogens is 585 g/mol. The minimum atomic E-state index is -0.803. The molecule has 240 valence electrons. The molecule has 0 aromatic rings. The summed E-state index contributed by atoms with van der Waals surface area (Å²) < 4.78 is 0. The number of allylic oxidation sites excluding steroid dienone is 2. The van der Waals surface area contributed by atoms with Crippen LogP contribution in [0, 0.1) is 17.3 Å². The van der Waals surface area contributed by atoms with E-state index < -0.39 is 11.9 Å². The van der Waals surface area contributed by atoms with E-state index in [9.17, 15) is 9.90 Å². The quantitative estimate of drug-likeness (QED) is 0.0549. The lowest BCUT2D eigenvalue weighted by Crippen LogP contribution is -2.55. The predicted octanol–water partition coefficient (Wildman–Crippen LogP) is 4.84. The molecule has 0 saturated heterocycles. The number of aliphatic hydroxyl groups is 1. The SMILES string of the molecule is CCCCC(C1=CCC(C(O)NC/C(N)=N/NN)C=C1)N1C(=O)C(C2=CC(Cl)CC(Cl)C2)=NC12CCC(C(C)(C)C)CC2. The summed E-state index contributed by atoms with van der Waals surface area (Å²) in [5.41, 5.74) is 10.1. The molecule has 9 nitrogen and oxygen atoms in total. The van der Waals surface area contributed by atoms with E-state index in [0.29, 0.717) is 30.9 Å². The van der Waals surface area contributed by atoms with Crippen LogP contribution in [0.15, 0.2) is 45.5 Å². The highest BCUT2D eigenvalue weighted by Gasteiger charge is 2.53. The summed E-state index contributed by atoms with van der Waals surface area (Å²) in [7, 11) is 0. The number of hydrogen-bond donors (Lipinski definition) is 5. The lowest BCUT2D eigenvalue weighted by atomic mass is 9.69. The average Bonchev–Trinajstić information content (AvgIpc) is 3.23. The summed E-state index contributed by atoms with van der Waals surface area (Å²) in [6.45, 7) is 9.32. The van der Waals surface area contributed by atoms with Gasteiger partial charge in [-0.2, -0.15) is 5.10 Å². The Labute approximate surface area is 267 Å². The Balaban J connectivity index is 1.62. The first-order chi connectivity index (χ1) is 20.4. The van der Waals surface area contributed by atoms with Crippen molar-refractivity contribution in [2.24, 2.45) is 38.9 Å². The van der Waals surface area contributed by atoms with Gasteiger partial charge in [0.15, 0.2) is 0 Å². The van der Waals surface area contributed by atoms with E-state index in [4.69, 9.17) is 39.8 Å². The Morgan fingerprint density at radius 3 is 2.60 bits per heavy atom. The molecule has 0 radical (unpaired) electrons. The lowest BCUT2D eigenvalue weighted by Gasteiger charge is -2.48. The van der Waals surface area contributed by atoms with Crippen molar-refractivity contribution in [3.63, 3.8) is 0 Å². The van der Waals surface area contributed by atoms with Crippen molar-refractivity contribution in [1.29, 1.82) is 0 Å². The number of nitrogens with one attached hydrogen (secondary N) is 2. The summed E-state index contributed by atoms with van der Waals surface area (Å²) in [5, 5.41) is 17.2. The van der Waals surface area contributed by atoms with Crippen LogP contribution in [-0.4, -0.2) is 62.7 Å². The molecule has 3 aliphatic carbocycles. The van der Waals surface area contributed by atoms with Crippen molar-refractivity contribution >= 4 is 40.7 Å². The third-order valence-corrected chi connectivity index (χ3v) is 10.2. The number of rotatable bonds is 11. The summed E-state index contributed by atoms with van der Waals surface area (Å²) in [6.07, 6.45) is 16.0. The van der Waals surface area contributed by atoms with Crippen LogP contribution in [0.25, 0.3) is 0 Å². The highest BCUT2D eigenvalue weighted by Crippen LogP contribution is 2.49. The maximum Gasteiger partial charge on any atom is 0.274 e. The van der Waals surface area contributed by atoms with E-state index in [1.807, 2.05) is 12.2 Å². The Morgan fingerprint density at radius 2 is 2.02 bits per heavy atom. The summed E-state index contributed by atoms with van der Waals surface area (Å²) in [5.74, 6) is 5.87. The van der Waals surface area contributed by atoms with Gasteiger partial charge in [-0.05, 0) is 73.8 Å². The van der Waals surface area contributed by atoms with Crippen LogP contribution in [-0.2, 0) is 4.79 Å². The van der Waals surface area contributed by atoms with Crippen molar-refractivity contribution in [2.75, 3.05) is 6.54 Å². The second-order valence-corrected chi connectivity index (χ2v) is 14.9. The molecule has 1 fully saturated rings. The van der Waals surface area contributed by atoms with Crippen molar-refractivity contribution in [2.45, 2.75) is 121 Å². The second-order valence-electron chi connectivity index (χ2n) is 13.7. The van der Waals surface area contributed by atoms with E-state index in [1.165, 1.54) is 0 Å². The molecule has 1 aliphatic heterocycles. The van der Waals surface area contributed by atoms with Crippen molar-refractivity contribution in [1.82, 2.24) is 15.8 Å². The number of hydrogen-bond acceptors (Lipinski definition) is 7. The van der Waals surface area contributed by atoms with Gasteiger partial charge in [0.05, 0.1) is 18.0 Å². The third-order valence-electron chi connectivity index (χ3n) is 9.60. The number of hydrazine groups is 1. The smallest absolute Gasteiger partial charge is 0.274 e. The van der Waals surface area contributed by atoms with Gasteiger partial charge < -0.3 is 15.7 Å². The van der Waals surface area contributed by atoms with Crippen LogP contribution in [0.2, 0.25) is 0 Å². The molecular formula is C32H51Cl2N7O2. The molecule has 1 heterocycles. The number of aliphatic hydroxyl groups excluding tert-OH is 1. The van der Waals surface area contributed by atoms with Crippen molar-refractivity contribution in [3.8, 4) is 0 Å². The summed E-state index contributed by atoms with van der Waals surface area (Å²) >= 11 is 13.1. The number of hydrazone groups is 1. The number of nitrogens with two attached hydrogens (primary N) is 2. The Morgan fingerprint density at radius 1 is 1.30 bits per heavy atom. The number of carbonyl (C=O) groups excluding carboxylic acids is 1. The average molecular weight is 637 g/mol. The van der Waals surface area contributed by atoms with Crippen molar-refractivity contribution in [3.05, 3.63) is 35.5 Å². The highest BCUT2D eigenvalue weighted by atomic mass is 35.5. The topological polar surface area (TPSA) is 141 Å². The van der Waals surface area contributed by atoms with Gasteiger partial charge >= 0.3 is 0 Å². The van der Waals surface area contributed by atoms with Gasteiger partial charge in [0.2, 0.25) is 0 Å². The zero-order chi connectivity index (χ0) is 31.4. The zero-order valence-electron chi connectivity index (χ0n) is 26.2. The summed E-state index contributed by atoms with van der Waals surface area (Å²) in [4.78, 5) is 22.0. The van der Waals surface area contributed by atoms with E-state index in [0.717, 1.165) is 56.1 Å². The number of alkyl halides is 2. The van der Waals surface area contributed by atoms with Crippen LogP contribution in [0.1, 0.15) is 91.9 Å². The number of aliphatic imine (C=N–C) groups is 1. The van der Waals surface area contributed by atoms with Gasteiger partial charge in [-0.25, -0.2) is 11.4 Å². The van der Waals surface area contributed by atoms with Crippen LogP contribution < -0.4 is 22.4 Å². The highest BCUT2D eigenvalue weighted by molar-refractivity contribution is 6.47. The summed E-state index contributed by atoms with van der Waals surface area (Å²) in [6, 6.07) is -0.108. The van der Waals surface area contributed by atoms with Crippen molar-refractivity contribution < 1.29 is 9.90 Å². The number of carbonyl (C=O) groups is 1. The molecule has 0 bridgehead atoms. The van der Waals surface area contributed by atoms with Gasteiger partial charge in [-0.1, -0.05) is 64.8 Å². The van der Waals surface area contributed by atoms with Gasteiger partial charge in [0.25, 0.3) is 5.91 Å². The Bertz CT molecular complexity index is 1150. The first kappa shape index (κ1) is 34.0. The van der Waals surface area contributed by atoms with E-state index >= 15 is 0 Å². The Kier molecular flexibility index (Phi) is 11.4. The number of amidine groups is 1. The molecule has 11 heteroatoms. The molecule has 0 aromatic heterocycles. The minimum absolute atomic E-state index is 0.00223. The molecule has 1 saturated carbocycles. The predicted molar refractivity (Wildman–Crippen MR) is 177 cm³/mol. The van der Waals surface area contributed by atoms with Crippen LogP contribution in [0.3, 0.4) is 0 Å². The lowest BCUT2D eigenvalue weighted by molar-refractivity contribution is -0.132. The largest absolute Gasteiger partial charge is 0.385 e. The fourth-order valence-electron chi connectivity index (χ4n) is 7.11. The van der Waals surface area contributed by atoms with E-state index in [1.54, 1.807) is 0 Å². The standard InChI is InChI=1S/C32H51Cl2N7O2/c1-5-6-7-26(20-8-10-21(11-9-20)29(42)37-19-27(35)39-40-36)41-30(43)28(22-16-24(33)18-25(34)17-22)38-32(41)14-12-23(13-15-32)31(2,3)4/h8-10,16,21,23-26,29,37,40,42H,5-7,11-15,17-19,36H2,1-4H3,(H2,35,39). The third kappa shape index (κ3) is 8.03. The van der Waals surface area contributed by atoms with Gasteiger partial charge in [-0.3, -0.25) is 15.1 Å². The monoisotopic (exact) mass is 635 g/mol. The van der Waals surface area contributed by atoms with Gasteiger partial charge in [0.1, 0.15) is 23.4 Å². The normalized spacial score (nSPS) is 31.5. The van der Waals surface area contributed by atoms with Gasteiger partial charge in [-0.15, -0.1) is 23.2 Å². The molecule has 43 heavy (non-hydrogen) atoms. The van der Waals surface area contributed by atoms with Crippen LogP contribution in [0.5, 0.6) is 0 Å². The number of nitrogens with zero attached hydrogens (tertiary/aromatic N) is 3. The maximum atomic E-state index is 14.5. The molecule has 5 atom stereocenters. The molecule has 0 aromatic carbocycles. The first-order valence-electron chi connectivity index (χ1n) is 15.9. The number of amides is 1. The molecule has 5 unspecified atom stereocenters. The zero-order valence-corrected chi connectivity index (χ0v) is 27.7. The second kappa shape index (κ2) is 14.5. The van der Waals surface area contributed by atoms with Gasteiger partial charge in [0, 0.05) is 11.3 Å². The first-order valence-corrected chi connectivity index (χ1v) is 16.8. The fraction of sp³-hybridized carbons (Fsp3) is 0.719. The van der Waals surface area contributed by atoms with E-state index in [2.05, 4.69) is 60.7 Å². The molecule has 4 rings (SSSR count). The molecule has 1 amide bonds. The Hall–Kier alpha value is -1.91. The molecule has 1 spiro atoms. The van der Waals surface area contributed by atoms with Crippen LogP contribution in [0.4, 0.5) is 0 Å². The fourth-order valence-corrected chi connectivity index (χ4v) is 7.93. The molecule has 7 N–H and O–H groups in total.